The monoisotopic (exact) mass is 556 g/mol. The number of fused-ring (bicyclic) bond motifs is 1. The van der Waals surface area contributed by atoms with Crippen LogP contribution in [0.1, 0.15) is 60.3 Å². The Bertz CT molecular complexity index is 1360. The third kappa shape index (κ3) is 6.50. The molecule has 11 heteroatoms. The van der Waals surface area contributed by atoms with Gasteiger partial charge in [-0.1, -0.05) is 25.0 Å². The standard InChI is InChI=1S/C30H40N10O/c1-37-14-16-39(17-15-37)25-10-12-38(13-11-25)19-23-6-8-24(9-7-23)30(41)36-40(20-22-4-2-3-5-22)29-27-28(33-21-32-27)34-26(18-31)35-29/h6-9,21-22,25H,2-5,10-17,19-20H2,1H3,(H,36,41)(H,32,33,34,35). The second-order valence-electron chi connectivity index (χ2n) is 11.8. The van der Waals surface area contributed by atoms with Crippen LogP contribution in [-0.2, 0) is 6.54 Å². The molecule has 0 radical (unpaired) electrons. The first-order valence-corrected chi connectivity index (χ1v) is 15.0. The molecule has 0 unspecified atom stereocenters. The highest BCUT2D eigenvalue weighted by atomic mass is 16.2. The van der Waals surface area contributed by atoms with Crippen LogP contribution in [-0.4, -0.2) is 99.4 Å². The van der Waals surface area contributed by atoms with E-state index in [-0.39, 0.29) is 11.7 Å². The van der Waals surface area contributed by atoms with Crippen LogP contribution in [0.15, 0.2) is 30.6 Å². The molecular weight excluding hydrogens is 516 g/mol. The average Bonchev–Trinajstić information content (AvgIpc) is 3.70. The Hall–Kier alpha value is -3.59. The zero-order valence-electron chi connectivity index (χ0n) is 23.9. The summed E-state index contributed by atoms with van der Waals surface area (Å²) < 4.78 is 0. The highest BCUT2D eigenvalue weighted by Gasteiger charge is 2.27. The predicted molar refractivity (Wildman–Crippen MR) is 157 cm³/mol. The van der Waals surface area contributed by atoms with E-state index in [0.717, 1.165) is 32.5 Å². The van der Waals surface area contributed by atoms with Gasteiger partial charge in [0.1, 0.15) is 11.6 Å². The molecule has 1 aromatic carbocycles. The number of carbonyl (C=O) groups excluding carboxylic acids is 1. The average molecular weight is 557 g/mol. The Kier molecular flexibility index (Phi) is 8.41. The summed E-state index contributed by atoms with van der Waals surface area (Å²) in [4.78, 5) is 37.0. The molecule has 6 rings (SSSR count). The number of piperidine rings is 1. The molecule has 41 heavy (non-hydrogen) atoms. The van der Waals surface area contributed by atoms with E-state index in [1.807, 2.05) is 18.2 Å². The van der Waals surface area contributed by atoms with Crippen molar-refractivity contribution >= 4 is 22.9 Å². The Morgan fingerprint density at radius 1 is 1.05 bits per heavy atom. The minimum absolute atomic E-state index is 0.0298. The fraction of sp³-hybridized carbons (Fsp3) is 0.567. The fourth-order valence-electron chi connectivity index (χ4n) is 6.54. The summed E-state index contributed by atoms with van der Waals surface area (Å²) >= 11 is 0. The van der Waals surface area contributed by atoms with Crippen LogP contribution in [0.3, 0.4) is 0 Å². The summed E-state index contributed by atoms with van der Waals surface area (Å²) in [5.41, 5.74) is 5.91. The maximum atomic E-state index is 13.4. The fourth-order valence-corrected chi connectivity index (χ4v) is 6.54. The number of hydrogen-bond donors (Lipinski definition) is 2. The lowest BCUT2D eigenvalue weighted by atomic mass is 10.0. The first kappa shape index (κ1) is 27.6. The molecule has 3 aliphatic rings. The van der Waals surface area contributed by atoms with Gasteiger partial charge in [-0.15, -0.1) is 0 Å². The van der Waals surface area contributed by atoms with Gasteiger partial charge in [-0.05, 0) is 69.4 Å². The normalized spacial score (nSPS) is 19.9. The molecule has 4 heterocycles. The quantitative estimate of drug-likeness (QED) is 0.404. The van der Waals surface area contributed by atoms with Gasteiger partial charge < -0.3 is 9.88 Å². The van der Waals surface area contributed by atoms with Crippen molar-refractivity contribution in [3.63, 3.8) is 0 Å². The first-order chi connectivity index (χ1) is 20.1. The van der Waals surface area contributed by atoms with Gasteiger partial charge in [-0.2, -0.15) is 15.2 Å². The molecule has 2 saturated heterocycles. The van der Waals surface area contributed by atoms with Crippen molar-refractivity contribution < 1.29 is 4.79 Å². The molecule has 2 aromatic heterocycles. The predicted octanol–water partition coefficient (Wildman–Crippen LogP) is 2.78. The molecule has 11 nitrogen and oxygen atoms in total. The number of amides is 1. The second kappa shape index (κ2) is 12.5. The van der Waals surface area contributed by atoms with Crippen LogP contribution < -0.4 is 10.4 Å². The highest BCUT2D eigenvalue weighted by molar-refractivity contribution is 5.96. The van der Waals surface area contributed by atoms with Crippen molar-refractivity contribution in [3.05, 3.63) is 47.5 Å². The van der Waals surface area contributed by atoms with Crippen molar-refractivity contribution in [3.8, 4) is 6.07 Å². The summed E-state index contributed by atoms with van der Waals surface area (Å²) in [6, 6.07) is 10.7. The molecule has 2 aliphatic heterocycles. The van der Waals surface area contributed by atoms with Gasteiger partial charge in [0.15, 0.2) is 11.5 Å². The van der Waals surface area contributed by atoms with Crippen molar-refractivity contribution in [2.75, 3.05) is 57.9 Å². The zero-order valence-corrected chi connectivity index (χ0v) is 23.9. The van der Waals surface area contributed by atoms with Crippen LogP contribution in [0.4, 0.5) is 5.82 Å². The number of rotatable bonds is 8. The van der Waals surface area contributed by atoms with E-state index in [1.165, 1.54) is 63.8 Å². The van der Waals surface area contributed by atoms with Gasteiger partial charge >= 0.3 is 0 Å². The number of nitriles is 1. The highest BCUT2D eigenvalue weighted by Crippen LogP contribution is 2.28. The lowest BCUT2D eigenvalue weighted by Crippen LogP contribution is -2.52. The lowest BCUT2D eigenvalue weighted by molar-refractivity contribution is 0.0658. The molecule has 0 bridgehead atoms. The van der Waals surface area contributed by atoms with Crippen molar-refractivity contribution in [2.45, 2.75) is 51.1 Å². The maximum Gasteiger partial charge on any atom is 0.269 e. The van der Waals surface area contributed by atoms with Gasteiger partial charge in [0, 0.05) is 50.9 Å². The van der Waals surface area contributed by atoms with Gasteiger partial charge in [-0.3, -0.25) is 25.0 Å². The number of imidazole rings is 1. The molecule has 1 saturated carbocycles. The molecular formula is C30H40N10O. The van der Waals surface area contributed by atoms with Crippen LogP contribution in [0.2, 0.25) is 0 Å². The molecule has 1 amide bonds. The molecule has 1 aliphatic carbocycles. The van der Waals surface area contributed by atoms with Gasteiger partial charge in [0.25, 0.3) is 5.91 Å². The molecule has 0 spiro atoms. The van der Waals surface area contributed by atoms with E-state index < -0.39 is 0 Å². The number of hydrazine groups is 1. The Balaban J connectivity index is 1.09. The number of hydrogen-bond acceptors (Lipinski definition) is 9. The third-order valence-electron chi connectivity index (χ3n) is 9.01. The molecule has 3 aromatic rings. The van der Waals surface area contributed by atoms with E-state index in [1.54, 1.807) is 5.01 Å². The molecule has 3 fully saturated rings. The number of nitrogens with zero attached hydrogens (tertiary/aromatic N) is 8. The Morgan fingerprint density at radius 3 is 2.49 bits per heavy atom. The van der Waals surface area contributed by atoms with Gasteiger partial charge in [0.05, 0.1) is 6.33 Å². The van der Waals surface area contributed by atoms with Gasteiger partial charge in [0.2, 0.25) is 5.82 Å². The Morgan fingerprint density at radius 2 is 1.78 bits per heavy atom. The van der Waals surface area contributed by atoms with E-state index >= 15 is 0 Å². The van der Waals surface area contributed by atoms with E-state index in [0.29, 0.717) is 41.0 Å². The van der Waals surface area contributed by atoms with Crippen molar-refractivity contribution in [2.24, 2.45) is 5.92 Å². The number of likely N-dealkylation sites (N-methyl/N-ethyl adjacent to an activating group) is 1. The lowest BCUT2D eigenvalue weighted by Gasteiger charge is -2.42. The van der Waals surface area contributed by atoms with E-state index in [2.05, 4.69) is 59.2 Å². The number of benzene rings is 1. The molecule has 0 atom stereocenters. The van der Waals surface area contributed by atoms with Crippen LogP contribution in [0.5, 0.6) is 0 Å². The number of nitrogens with one attached hydrogen (secondary N) is 2. The van der Waals surface area contributed by atoms with Crippen LogP contribution in [0, 0.1) is 17.2 Å². The number of anilines is 1. The molecule has 2 N–H and O–H groups in total. The van der Waals surface area contributed by atoms with E-state index in [9.17, 15) is 10.1 Å². The maximum absolute atomic E-state index is 13.4. The number of aromatic nitrogens is 4. The topological polar surface area (TPSA) is 120 Å². The minimum Gasteiger partial charge on any atom is -0.340 e. The number of aromatic amines is 1. The van der Waals surface area contributed by atoms with Crippen molar-refractivity contribution in [1.29, 1.82) is 5.26 Å². The summed E-state index contributed by atoms with van der Waals surface area (Å²) in [7, 11) is 2.21. The summed E-state index contributed by atoms with van der Waals surface area (Å²) in [6.45, 7) is 8.46. The van der Waals surface area contributed by atoms with Crippen LogP contribution >= 0.6 is 0 Å². The minimum atomic E-state index is -0.202. The SMILES string of the molecule is CN1CCN(C2CCN(Cc3ccc(C(=O)NN(CC4CCCC4)c4nc(C#N)nc5nc[nH]c45)cc3)CC2)CC1. The Labute approximate surface area is 241 Å². The molecule has 216 valence electrons. The zero-order chi connectivity index (χ0) is 28.2. The van der Waals surface area contributed by atoms with E-state index in [4.69, 9.17) is 0 Å². The smallest absolute Gasteiger partial charge is 0.269 e. The number of piperazine rings is 1. The van der Waals surface area contributed by atoms with Crippen LogP contribution in [0.25, 0.3) is 11.2 Å². The van der Waals surface area contributed by atoms with Crippen molar-refractivity contribution in [1.82, 2.24) is 40.1 Å². The third-order valence-corrected chi connectivity index (χ3v) is 9.01. The summed E-state index contributed by atoms with van der Waals surface area (Å²) in [6.07, 6.45) is 8.57. The first-order valence-electron chi connectivity index (χ1n) is 15.0. The second-order valence-corrected chi connectivity index (χ2v) is 11.8. The van der Waals surface area contributed by atoms with Gasteiger partial charge in [-0.25, -0.2) is 4.98 Å². The summed E-state index contributed by atoms with van der Waals surface area (Å²) in [5.74, 6) is 0.743. The number of carbonyl (C=O) groups is 1. The summed E-state index contributed by atoms with van der Waals surface area (Å²) in [5, 5.41) is 11.3. The number of likely N-dealkylation sites (tertiary alicyclic amines) is 1. The largest absolute Gasteiger partial charge is 0.340 e. The number of H-pyrrole nitrogens is 1.